The van der Waals surface area contributed by atoms with Crippen molar-refractivity contribution in [3.63, 3.8) is 0 Å². The molecule has 2 aromatic rings. The molecule has 0 aliphatic rings. The monoisotopic (exact) mass is 230 g/mol. The van der Waals surface area contributed by atoms with E-state index in [9.17, 15) is 0 Å². The van der Waals surface area contributed by atoms with Gasteiger partial charge in [0.05, 0.1) is 0 Å². The van der Waals surface area contributed by atoms with Gasteiger partial charge in [-0.25, -0.2) is 0 Å². The van der Waals surface area contributed by atoms with Crippen molar-refractivity contribution in [3.05, 3.63) is 41.5 Å². The van der Waals surface area contributed by atoms with Crippen LogP contribution in [0.4, 0.5) is 0 Å². The zero-order chi connectivity index (χ0) is 11.5. The minimum Gasteiger partial charge on any atom is -0.304 e. The molecule has 0 fully saturated rings. The highest BCUT2D eigenvalue weighted by Gasteiger charge is 2.08. The van der Waals surface area contributed by atoms with E-state index in [1.165, 1.54) is 4.88 Å². The molecule has 2 heterocycles. The van der Waals surface area contributed by atoms with Gasteiger partial charge < -0.3 is 5.41 Å². The molecule has 3 heteroatoms. The van der Waals surface area contributed by atoms with Crippen molar-refractivity contribution in [1.29, 1.82) is 5.41 Å². The molecule has 0 aromatic carbocycles. The van der Waals surface area contributed by atoms with Gasteiger partial charge >= 0.3 is 0 Å². The number of nitrogens with zero attached hydrogens (tertiary/aromatic N) is 1. The zero-order valence-corrected chi connectivity index (χ0v) is 10.2. The molecule has 2 nitrogen and oxygen atoms in total. The Morgan fingerprint density at radius 1 is 1.38 bits per heavy atom. The predicted molar refractivity (Wildman–Crippen MR) is 69.2 cm³/mol. The van der Waals surface area contributed by atoms with Crippen molar-refractivity contribution in [2.24, 2.45) is 5.92 Å². The van der Waals surface area contributed by atoms with E-state index < -0.39 is 0 Å². The van der Waals surface area contributed by atoms with Crippen LogP contribution < -0.4 is 0 Å². The third-order valence-electron chi connectivity index (χ3n) is 2.43. The van der Waals surface area contributed by atoms with Gasteiger partial charge in [0, 0.05) is 34.1 Å². The fourth-order valence-corrected chi connectivity index (χ4v) is 2.21. The SMILES string of the molecule is CC(C)C(=N)c1cncc(-c2cccs2)c1. The fraction of sp³-hybridized carbons (Fsp3) is 0.231. The van der Waals surface area contributed by atoms with E-state index in [0.717, 1.165) is 11.1 Å². The van der Waals surface area contributed by atoms with Crippen molar-refractivity contribution >= 4 is 17.0 Å². The Morgan fingerprint density at radius 3 is 2.81 bits per heavy atom. The minimum atomic E-state index is 0.236. The van der Waals surface area contributed by atoms with Crippen LogP contribution in [-0.4, -0.2) is 10.7 Å². The van der Waals surface area contributed by atoms with Crippen molar-refractivity contribution in [2.45, 2.75) is 13.8 Å². The Bertz CT molecular complexity index is 486. The second-order valence-electron chi connectivity index (χ2n) is 4.01. The lowest BCUT2D eigenvalue weighted by molar-refractivity contribution is 0.877. The van der Waals surface area contributed by atoms with Crippen LogP contribution in [0.25, 0.3) is 10.4 Å². The molecule has 0 saturated carbocycles. The van der Waals surface area contributed by atoms with Crippen LogP contribution in [0.2, 0.25) is 0 Å². The number of aromatic nitrogens is 1. The van der Waals surface area contributed by atoms with Gasteiger partial charge in [-0.3, -0.25) is 4.98 Å². The molecule has 0 atom stereocenters. The molecule has 0 spiro atoms. The lowest BCUT2D eigenvalue weighted by Crippen LogP contribution is -2.07. The van der Waals surface area contributed by atoms with E-state index in [-0.39, 0.29) is 5.92 Å². The Labute approximate surface area is 99.5 Å². The molecular weight excluding hydrogens is 216 g/mol. The number of thiophene rings is 1. The first-order valence-corrected chi connectivity index (χ1v) is 6.14. The summed E-state index contributed by atoms with van der Waals surface area (Å²) in [5, 5.41) is 10.0. The maximum absolute atomic E-state index is 7.97. The number of pyridine rings is 1. The quantitative estimate of drug-likeness (QED) is 0.799. The van der Waals surface area contributed by atoms with Gasteiger partial charge in [-0.05, 0) is 23.4 Å². The summed E-state index contributed by atoms with van der Waals surface area (Å²) >= 11 is 1.69. The van der Waals surface area contributed by atoms with E-state index in [4.69, 9.17) is 5.41 Å². The molecule has 0 aliphatic heterocycles. The number of hydrogen-bond donors (Lipinski definition) is 1. The average molecular weight is 230 g/mol. The normalized spacial score (nSPS) is 10.7. The summed E-state index contributed by atoms with van der Waals surface area (Å²) in [4.78, 5) is 5.41. The number of rotatable bonds is 3. The Balaban J connectivity index is 2.37. The summed E-state index contributed by atoms with van der Waals surface area (Å²) < 4.78 is 0. The highest BCUT2D eigenvalue weighted by Crippen LogP contribution is 2.24. The largest absolute Gasteiger partial charge is 0.304 e. The standard InChI is InChI=1S/C13H14N2S/c1-9(2)13(14)11-6-10(7-15-8-11)12-4-3-5-16-12/h3-9,14H,1-2H3. The second-order valence-corrected chi connectivity index (χ2v) is 4.96. The lowest BCUT2D eigenvalue weighted by Gasteiger charge is -2.08. The van der Waals surface area contributed by atoms with Gasteiger partial charge in [0.25, 0.3) is 0 Å². The van der Waals surface area contributed by atoms with Crippen molar-refractivity contribution in [2.75, 3.05) is 0 Å². The fourth-order valence-electron chi connectivity index (χ4n) is 1.50. The van der Waals surface area contributed by atoms with Crippen LogP contribution >= 0.6 is 11.3 Å². The molecule has 2 aromatic heterocycles. The summed E-state index contributed by atoms with van der Waals surface area (Å²) in [7, 11) is 0. The Morgan fingerprint density at radius 2 is 2.19 bits per heavy atom. The average Bonchev–Trinajstić information content (AvgIpc) is 2.81. The highest BCUT2D eigenvalue weighted by molar-refractivity contribution is 7.13. The van der Waals surface area contributed by atoms with E-state index in [2.05, 4.69) is 16.4 Å². The van der Waals surface area contributed by atoms with Crippen LogP contribution in [0.15, 0.2) is 36.0 Å². The third-order valence-corrected chi connectivity index (χ3v) is 3.35. The van der Waals surface area contributed by atoms with Gasteiger partial charge in [-0.15, -0.1) is 11.3 Å². The Hall–Kier alpha value is -1.48. The van der Waals surface area contributed by atoms with Crippen LogP contribution in [0.1, 0.15) is 19.4 Å². The molecule has 0 aliphatic carbocycles. The van der Waals surface area contributed by atoms with Crippen LogP contribution in [0.5, 0.6) is 0 Å². The molecule has 0 amide bonds. The molecule has 16 heavy (non-hydrogen) atoms. The van der Waals surface area contributed by atoms with Gasteiger partial charge in [0.1, 0.15) is 0 Å². The topological polar surface area (TPSA) is 36.7 Å². The molecule has 1 N–H and O–H groups in total. The van der Waals surface area contributed by atoms with E-state index in [1.54, 1.807) is 17.5 Å². The smallest absolute Gasteiger partial charge is 0.0427 e. The lowest BCUT2D eigenvalue weighted by atomic mass is 10.0. The van der Waals surface area contributed by atoms with Crippen molar-refractivity contribution in [1.82, 2.24) is 4.98 Å². The number of nitrogens with one attached hydrogen (secondary N) is 1. The van der Waals surface area contributed by atoms with Crippen LogP contribution in [0.3, 0.4) is 0 Å². The van der Waals surface area contributed by atoms with Crippen molar-refractivity contribution < 1.29 is 0 Å². The van der Waals surface area contributed by atoms with E-state index in [0.29, 0.717) is 5.71 Å². The number of hydrogen-bond acceptors (Lipinski definition) is 3. The zero-order valence-electron chi connectivity index (χ0n) is 9.40. The summed E-state index contributed by atoms with van der Waals surface area (Å²) in [5.74, 6) is 0.236. The van der Waals surface area contributed by atoms with Gasteiger partial charge in [0.15, 0.2) is 0 Å². The van der Waals surface area contributed by atoms with E-state index in [1.807, 2.05) is 32.2 Å². The molecule has 0 radical (unpaired) electrons. The first kappa shape index (κ1) is 11.0. The minimum absolute atomic E-state index is 0.236. The maximum atomic E-state index is 7.97. The molecule has 2 rings (SSSR count). The van der Waals surface area contributed by atoms with Crippen LogP contribution in [-0.2, 0) is 0 Å². The molecule has 0 saturated heterocycles. The summed E-state index contributed by atoms with van der Waals surface area (Å²) in [6, 6.07) is 6.14. The molecule has 82 valence electrons. The predicted octanol–water partition coefficient (Wildman–Crippen LogP) is 3.83. The summed E-state index contributed by atoms with van der Waals surface area (Å²) in [6.45, 7) is 4.06. The molecule has 0 bridgehead atoms. The van der Waals surface area contributed by atoms with Crippen LogP contribution in [0, 0.1) is 11.3 Å². The highest BCUT2D eigenvalue weighted by atomic mass is 32.1. The van der Waals surface area contributed by atoms with Gasteiger partial charge in [-0.2, -0.15) is 0 Å². The Kier molecular flexibility index (Phi) is 3.15. The van der Waals surface area contributed by atoms with Crippen molar-refractivity contribution in [3.8, 4) is 10.4 Å². The second kappa shape index (κ2) is 4.58. The van der Waals surface area contributed by atoms with Gasteiger partial charge in [-0.1, -0.05) is 19.9 Å². The first-order chi connectivity index (χ1) is 7.68. The molecular formula is C13H14N2S. The van der Waals surface area contributed by atoms with E-state index >= 15 is 0 Å². The molecule has 0 unspecified atom stereocenters. The maximum Gasteiger partial charge on any atom is 0.0427 e. The summed E-state index contributed by atoms with van der Waals surface area (Å²) in [5.41, 5.74) is 2.66. The first-order valence-electron chi connectivity index (χ1n) is 5.26. The summed E-state index contributed by atoms with van der Waals surface area (Å²) in [6.07, 6.45) is 3.61. The van der Waals surface area contributed by atoms with Gasteiger partial charge in [0.2, 0.25) is 0 Å². The third kappa shape index (κ3) is 2.19.